The molecule has 0 saturated heterocycles. The first-order chi connectivity index (χ1) is 7.88. The van der Waals surface area contributed by atoms with Crippen molar-refractivity contribution in [3.8, 4) is 0 Å². The van der Waals surface area contributed by atoms with Crippen molar-refractivity contribution in [3.05, 3.63) is 32.7 Å². The smallest absolute Gasteiger partial charge is 0.326 e. The number of benzene rings is 1. The van der Waals surface area contributed by atoms with Crippen molar-refractivity contribution in [1.82, 2.24) is 5.32 Å². The second-order valence-electron chi connectivity index (χ2n) is 3.57. The van der Waals surface area contributed by atoms with Crippen LogP contribution >= 0.6 is 31.9 Å². The molecule has 0 aromatic heterocycles. The summed E-state index contributed by atoms with van der Waals surface area (Å²) in [5, 5.41) is 11.4. The molecule has 0 spiro atoms. The van der Waals surface area contributed by atoms with E-state index in [1.165, 1.54) is 6.92 Å². The molecule has 1 aromatic rings. The average Bonchev–Trinajstić information content (AvgIpc) is 2.13. The Morgan fingerprint density at radius 2 is 1.82 bits per heavy atom. The molecular weight excluding hydrogens is 354 g/mol. The van der Waals surface area contributed by atoms with E-state index in [9.17, 15) is 9.59 Å². The van der Waals surface area contributed by atoms with Crippen molar-refractivity contribution in [2.45, 2.75) is 19.4 Å². The molecule has 1 amide bonds. The molecule has 17 heavy (non-hydrogen) atoms. The van der Waals surface area contributed by atoms with Gasteiger partial charge in [0.2, 0.25) is 5.91 Å². The number of carbonyl (C=O) groups excluding carboxylic acids is 1. The van der Waals surface area contributed by atoms with Crippen LogP contribution in [0.1, 0.15) is 12.5 Å². The predicted molar refractivity (Wildman–Crippen MR) is 70.8 cm³/mol. The lowest BCUT2D eigenvalue weighted by molar-refractivity contribution is -0.141. The predicted octanol–water partition coefficient (Wildman–Crippen LogP) is 2.34. The van der Waals surface area contributed by atoms with Crippen LogP contribution in [0.2, 0.25) is 0 Å². The molecule has 1 aromatic carbocycles. The molecule has 0 heterocycles. The number of carbonyl (C=O) groups is 2. The van der Waals surface area contributed by atoms with Gasteiger partial charge < -0.3 is 10.4 Å². The van der Waals surface area contributed by atoms with E-state index in [-0.39, 0.29) is 12.3 Å². The summed E-state index contributed by atoms with van der Waals surface area (Å²) in [5.74, 6) is -1.40. The van der Waals surface area contributed by atoms with Crippen molar-refractivity contribution in [2.24, 2.45) is 0 Å². The minimum Gasteiger partial charge on any atom is -0.480 e. The van der Waals surface area contributed by atoms with E-state index in [2.05, 4.69) is 37.2 Å². The molecule has 0 aliphatic heterocycles. The fraction of sp³-hybridized carbons (Fsp3) is 0.273. The number of rotatable bonds is 4. The lowest BCUT2D eigenvalue weighted by Gasteiger charge is -2.13. The van der Waals surface area contributed by atoms with E-state index >= 15 is 0 Å². The van der Waals surface area contributed by atoms with Crippen LogP contribution in [-0.2, 0) is 16.0 Å². The van der Waals surface area contributed by atoms with Crippen LogP contribution in [0.25, 0.3) is 0 Å². The van der Waals surface area contributed by atoms with Gasteiger partial charge in [-0.3, -0.25) is 4.79 Å². The van der Waals surface area contributed by atoms with Gasteiger partial charge in [-0.15, -0.1) is 0 Å². The average molecular weight is 365 g/mol. The third kappa shape index (κ3) is 4.87. The molecule has 0 radical (unpaired) electrons. The standard InChI is InChI=1S/C11H11Br2NO3/c1-6(15)14-10(11(16)17)4-7-2-8(12)5-9(13)3-7/h2-3,5,10H,4H2,1H3,(H,14,15)(H,16,17). The summed E-state index contributed by atoms with van der Waals surface area (Å²) in [4.78, 5) is 21.9. The van der Waals surface area contributed by atoms with Crippen molar-refractivity contribution < 1.29 is 14.7 Å². The maximum Gasteiger partial charge on any atom is 0.326 e. The number of nitrogens with one attached hydrogen (secondary N) is 1. The lowest BCUT2D eigenvalue weighted by atomic mass is 10.1. The highest BCUT2D eigenvalue weighted by Crippen LogP contribution is 2.21. The van der Waals surface area contributed by atoms with Crippen LogP contribution in [-0.4, -0.2) is 23.0 Å². The molecule has 0 fully saturated rings. The molecule has 1 unspecified atom stereocenters. The van der Waals surface area contributed by atoms with E-state index in [4.69, 9.17) is 5.11 Å². The second kappa shape index (κ2) is 6.16. The van der Waals surface area contributed by atoms with E-state index in [0.717, 1.165) is 14.5 Å². The Morgan fingerprint density at radius 1 is 1.29 bits per heavy atom. The highest BCUT2D eigenvalue weighted by Gasteiger charge is 2.19. The van der Waals surface area contributed by atoms with Gasteiger partial charge in [0, 0.05) is 22.3 Å². The third-order valence-corrected chi connectivity index (χ3v) is 2.95. The van der Waals surface area contributed by atoms with Gasteiger partial charge in [-0.2, -0.15) is 0 Å². The summed E-state index contributed by atoms with van der Waals surface area (Å²) in [6.45, 7) is 1.30. The van der Waals surface area contributed by atoms with Crippen LogP contribution < -0.4 is 5.32 Å². The van der Waals surface area contributed by atoms with Crippen molar-refractivity contribution in [3.63, 3.8) is 0 Å². The minimum absolute atomic E-state index is 0.243. The summed E-state index contributed by atoms with van der Waals surface area (Å²) >= 11 is 6.65. The molecular formula is C11H11Br2NO3. The minimum atomic E-state index is -1.05. The Hall–Kier alpha value is -0.880. The SMILES string of the molecule is CC(=O)NC(Cc1cc(Br)cc(Br)c1)C(=O)O. The van der Waals surface area contributed by atoms with Gasteiger partial charge in [-0.1, -0.05) is 31.9 Å². The summed E-state index contributed by atoms with van der Waals surface area (Å²) in [5.41, 5.74) is 0.826. The van der Waals surface area contributed by atoms with Gasteiger partial charge in [0.15, 0.2) is 0 Å². The van der Waals surface area contributed by atoms with Gasteiger partial charge in [-0.25, -0.2) is 4.79 Å². The van der Waals surface area contributed by atoms with Gasteiger partial charge in [0.25, 0.3) is 0 Å². The Kier molecular flexibility index (Phi) is 5.14. The first-order valence-corrected chi connectivity index (χ1v) is 6.42. The van der Waals surface area contributed by atoms with Crippen molar-refractivity contribution >= 4 is 43.7 Å². The van der Waals surface area contributed by atoms with Crippen molar-refractivity contribution in [2.75, 3.05) is 0 Å². The van der Waals surface area contributed by atoms with Gasteiger partial charge in [0.05, 0.1) is 0 Å². The molecule has 0 saturated carbocycles. The Morgan fingerprint density at radius 3 is 2.24 bits per heavy atom. The number of halogens is 2. The number of carboxylic acids is 1. The molecule has 0 aliphatic rings. The zero-order valence-electron chi connectivity index (χ0n) is 9.04. The van der Waals surface area contributed by atoms with Gasteiger partial charge in [-0.05, 0) is 23.8 Å². The lowest BCUT2D eigenvalue weighted by Crippen LogP contribution is -2.41. The normalized spacial score (nSPS) is 11.9. The largest absolute Gasteiger partial charge is 0.480 e. The molecule has 1 rings (SSSR count). The quantitative estimate of drug-likeness (QED) is 0.861. The van der Waals surface area contributed by atoms with Gasteiger partial charge >= 0.3 is 5.97 Å². The van der Waals surface area contributed by atoms with Gasteiger partial charge in [0.1, 0.15) is 6.04 Å². The summed E-state index contributed by atoms with van der Waals surface area (Å²) in [6, 6.07) is 4.59. The number of hydrogen-bond acceptors (Lipinski definition) is 2. The van der Waals surface area contributed by atoms with E-state index in [1.807, 2.05) is 18.2 Å². The molecule has 1 atom stereocenters. The van der Waals surface area contributed by atoms with Crippen LogP contribution in [0.4, 0.5) is 0 Å². The van der Waals surface area contributed by atoms with Crippen LogP contribution in [0.5, 0.6) is 0 Å². The first kappa shape index (κ1) is 14.2. The summed E-state index contributed by atoms with van der Waals surface area (Å²) in [7, 11) is 0. The second-order valence-corrected chi connectivity index (χ2v) is 5.40. The molecule has 4 nitrogen and oxygen atoms in total. The Bertz CT molecular complexity index is 428. The monoisotopic (exact) mass is 363 g/mol. The number of amides is 1. The maximum atomic E-state index is 11.0. The number of aliphatic carboxylic acids is 1. The van der Waals surface area contributed by atoms with Crippen LogP contribution in [0.15, 0.2) is 27.1 Å². The van der Waals surface area contributed by atoms with E-state index < -0.39 is 12.0 Å². The zero-order chi connectivity index (χ0) is 13.0. The molecule has 0 bridgehead atoms. The summed E-state index contributed by atoms with van der Waals surface area (Å²) in [6.07, 6.45) is 0.243. The maximum absolute atomic E-state index is 11.0. The molecule has 6 heteroatoms. The van der Waals surface area contributed by atoms with E-state index in [0.29, 0.717) is 0 Å². The Balaban J connectivity index is 2.85. The summed E-state index contributed by atoms with van der Waals surface area (Å²) < 4.78 is 1.71. The van der Waals surface area contributed by atoms with Crippen LogP contribution in [0, 0.1) is 0 Å². The van der Waals surface area contributed by atoms with Crippen LogP contribution in [0.3, 0.4) is 0 Å². The van der Waals surface area contributed by atoms with Crippen molar-refractivity contribution in [1.29, 1.82) is 0 Å². The fourth-order valence-corrected chi connectivity index (χ4v) is 2.80. The third-order valence-electron chi connectivity index (χ3n) is 2.04. The number of hydrogen-bond donors (Lipinski definition) is 2. The Labute approximate surface area is 116 Å². The fourth-order valence-electron chi connectivity index (χ4n) is 1.41. The highest BCUT2D eigenvalue weighted by atomic mass is 79.9. The molecule has 2 N–H and O–H groups in total. The first-order valence-electron chi connectivity index (χ1n) is 4.83. The molecule has 0 aliphatic carbocycles. The zero-order valence-corrected chi connectivity index (χ0v) is 12.2. The van der Waals surface area contributed by atoms with E-state index in [1.54, 1.807) is 0 Å². The topological polar surface area (TPSA) is 66.4 Å². The molecule has 92 valence electrons. The highest BCUT2D eigenvalue weighted by molar-refractivity contribution is 9.11. The number of carboxylic acid groups (broad SMARTS) is 1.